The van der Waals surface area contributed by atoms with Gasteiger partial charge in [0.05, 0.1) is 5.69 Å². The molecule has 1 N–H and O–H groups in total. The predicted octanol–water partition coefficient (Wildman–Crippen LogP) is 1.68. The topological polar surface area (TPSA) is 64.8 Å². The van der Waals surface area contributed by atoms with Gasteiger partial charge in [0.1, 0.15) is 11.6 Å². The van der Waals surface area contributed by atoms with Crippen LogP contribution < -0.4 is 10.2 Å². The molecule has 1 aromatic rings. The lowest BCUT2D eigenvalue weighted by Crippen LogP contribution is -2.47. The molecule has 0 amide bonds. The standard InChI is InChI=1S/C15H21N5/c1-9-10(2)18-19-15(14(9)8-16)20(3)13-6-11-4-5-12(7-13)17-11/h11-13,17H,4-7H2,1-3H3. The summed E-state index contributed by atoms with van der Waals surface area (Å²) < 4.78 is 0. The molecule has 5 nitrogen and oxygen atoms in total. The summed E-state index contributed by atoms with van der Waals surface area (Å²) in [5, 5.41) is 21.6. The summed E-state index contributed by atoms with van der Waals surface area (Å²) in [6, 6.07) is 4.02. The molecule has 0 aromatic carbocycles. The van der Waals surface area contributed by atoms with Crippen molar-refractivity contribution in [1.82, 2.24) is 15.5 Å². The lowest BCUT2D eigenvalue weighted by atomic mass is 9.98. The molecule has 1 aromatic heterocycles. The molecule has 2 unspecified atom stereocenters. The molecule has 0 spiro atoms. The van der Waals surface area contributed by atoms with Gasteiger partial charge in [-0.2, -0.15) is 10.4 Å². The van der Waals surface area contributed by atoms with Crippen molar-refractivity contribution < 1.29 is 0 Å². The van der Waals surface area contributed by atoms with Crippen LogP contribution >= 0.6 is 0 Å². The molecule has 0 aliphatic carbocycles. The van der Waals surface area contributed by atoms with Crippen LogP contribution in [-0.2, 0) is 0 Å². The first-order chi connectivity index (χ1) is 9.60. The van der Waals surface area contributed by atoms with Crippen LogP contribution in [0, 0.1) is 25.2 Å². The van der Waals surface area contributed by atoms with Gasteiger partial charge in [-0.15, -0.1) is 5.10 Å². The largest absolute Gasteiger partial charge is 0.354 e. The maximum absolute atomic E-state index is 9.43. The van der Waals surface area contributed by atoms with E-state index in [2.05, 4.69) is 33.5 Å². The third-order valence-corrected chi connectivity index (χ3v) is 4.88. The second-order valence-electron chi connectivity index (χ2n) is 6.09. The zero-order valence-electron chi connectivity index (χ0n) is 12.3. The highest BCUT2D eigenvalue weighted by molar-refractivity contribution is 5.57. The number of nitriles is 1. The molecule has 0 saturated carbocycles. The van der Waals surface area contributed by atoms with E-state index in [4.69, 9.17) is 0 Å². The fourth-order valence-corrected chi connectivity index (χ4v) is 3.49. The third kappa shape index (κ3) is 2.14. The van der Waals surface area contributed by atoms with Crippen LogP contribution in [0.15, 0.2) is 0 Å². The number of piperidine rings is 1. The van der Waals surface area contributed by atoms with Crippen LogP contribution in [0.3, 0.4) is 0 Å². The van der Waals surface area contributed by atoms with Gasteiger partial charge in [-0.25, -0.2) is 0 Å². The first kappa shape index (κ1) is 13.3. The molecule has 2 bridgehead atoms. The third-order valence-electron chi connectivity index (χ3n) is 4.88. The second-order valence-corrected chi connectivity index (χ2v) is 6.09. The van der Waals surface area contributed by atoms with Crippen molar-refractivity contribution in [2.24, 2.45) is 0 Å². The zero-order chi connectivity index (χ0) is 14.3. The van der Waals surface area contributed by atoms with Crippen LogP contribution in [0.4, 0.5) is 5.82 Å². The monoisotopic (exact) mass is 271 g/mol. The first-order valence-corrected chi connectivity index (χ1v) is 7.33. The Kier molecular flexibility index (Phi) is 3.35. The Bertz CT molecular complexity index is 550. The zero-order valence-corrected chi connectivity index (χ0v) is 12.3. The van der Waals surface area contributed by atoms with Crippen molar-refractivity contribution in [1.29, 1.82) is 5.26 Å². The molecule has 20 heavy (non-hydrogen) atoms. The van der Waals surface area contributed by atoms with Gasteiger partial charge in [0, 0.05) is 25.2 Å². The molecule has 2 saturated heterocycles. The number of nitrogens with one attached hydrogen (secondary N) is 1. The Morgan fingerprint density at radius 3 is 2.45 bits per heavy atom. The number of aromatic nitrogens is 2. The average Bonchev–Trinajstić information content (AvgIpc) is 2.79. The van der Waals surface area contributed by atoms with E-state index in [1.54, 1.807) is 0 Å². The number of aryl methyl sites for hydroxylation is 1. The molecule has 2 aliphatic rings. The van der Waals surface area contributed by atoms with Gasteiger partial charge < -0.3 is 10.2 Å². The van der Waals surface area contributed by atoms with Crippen molar-refractivity contribution in [3.05, 3.63) is 16.8 Å². The molecule has 0 radical (unpaired) electrons. The molecule has 2 atom stereocenters. The van der Waals surface area contributed by atoms with E-state index in [1.165, 1.54) is 12.8 Å². The Morgan fingerprint density at radius 1 is 1.20 bits per heavy atom. The van der Waals surface area contributed by atoms with Gasteiger partial charge in [-0.3, -0.25) is 0 Å². The minimum Gasteiger partial charge on any atom is -0.354 e. The summed E-state index contributed by atoms with van der Waals surface area (Å²) in [7, 11) is 2.05. The fraction of sp³-hybridized carbons (Fsp3) is 0.667. The summed E-state index contributed by atoms with van der Waals surface area (Å²) in [6.07, 6.45) is 4.82. The van der Waals surface area contributed by atoms with E-state index in [0.717, 1.165) is 29.9 Å². The fourth-order valence-electron chi connectivity index (χ4n) is 3.49. The molecule has 5 heteroatoms. The lowest BCUT2D eigenvalue weighted by molar-refractivity contribution is 0.353. The molecule has 2 fully saturated rings. The maximum Gasteiger partial charge on any atom is 0.169 e. The van der Waals surface area contributed by atoms with Crippen LogP contribution in [-0.4, -0.2) is 35.4 Å². The van der Waals surface area contributed by atoms with Crippen molar-refractivity contribution in [3.8, 4) is 6.07 Å². The summed E-state index contributed by atoms with van der Waals surface area (Å²) >= 11 is 0. The Morgan fingerprint density at radius 2 is 1.85 bits per heavy atom. The second kappa shape index (κ2) is 5.02. The van der Waals surface area contributed by atoms with Crippen molar-refractivity contribution in [2.45, 2.75) is 57.7 Å². The van der Waals surface area contributed by atoms with E-state index in [-0.39, 0.29) is 0 Å². The molecule has 2 aliphatic heterocycles. The minimum absolute atomic E-state index is 0.456. The molecular weight excluding hydrogens is 250 g/mol. The van der Waals surface area contributed by atoms with Gasteiger partial charge >= 0.3 is 0 Å². The van der Waals surface area contributed by atoms with Gasteiger partial charge in [0.2, 0.25) is 0 Å². The Balaban J connectivity index is 1.89. The Hall–Kier alpha value is -1.67. The number of nitrogens with zero attached hydrogens (tertiary/aromatic N) is 4. The lowest BCUT2D eigenvalue weighted by Gasteiger charge is -2.36. The van der Waals surface area contributed by atoms with Crippen molar-refractivity contribution >= 4 is 5.82 Å². The highest BCUT2D eigenvalue weighted by atomic mass is 15.3. The summed E-state index contributed by atoms with van der Waals surface area (Å²) in [4.78, 5) is 2.17. The number of hydrogen-bond donors (Lipinski definition) is 1. The number of anilines is 1. The molecular formula is C15H21N5. The van der Waals surface area contributed by atoms with Gasteiger partial charge in [-0.1, -0.05) is 0 Å². The van der Waals surface area contributed by atoms with Crippen molar-refractivity contribution in [3.63, 3.8) is 0 Å². The summed E-state index contributed by atoms with van der Waals surface area (Å²) in [6.45, 7) is 3.85. The SMILES string of the molecule is Cc1nnc(N(C)C2CC3CCC(C2)N3)c(C#N)c1C. The highest BCUT2D eigenvalue weighted by Crippen LogP contribution is 2.32. The van der Waals surface area contributed by atoms with E-state index >= 15 is 0 Å². The normalized spacial score (nSPS) is 28.2. The van der Waals surface area contributed by atoms with E-state index in [0.29, 0.717) is 23.7 Å². The van der Waals surface area contributed by atoms with Crippen molar-refractivity contribution in [2.75, 3.05) is 11.9 Å². The smallest absolute Gasteiger partial charge is 0.169 e. The summed E-state index contributed by atoms with van der Waals surface area (Å²) in [5.74, 6) is 0.738. The van der Waals surface area contributed by atoms with Crippen LogP contribution in [0.25, 0.3) is 0 Å². The number of hydrogen-bond acceptors (Lipinski definition) is 5. The maximum atomic E-state index is 9.43. The van der Waals surface area contributed by atoms with Crippen LogP contribution in [0.5, 0.6) is 0 Å². The highest BCUT2D eigenvalue weighted by Gasteiger charge is 2.36. The van der Waals surface area contributed by atoms with E-state index in [9.17, 15) is 5.26 Å². The van der Waals surface area contributed by atoms with Gasteiger partial charge in [0.25, 0.3) is 0 Å². The van der Waals surface area contributed by atoms with E-state index < -0.39 is 0 Å². The molecule has 3 rings (SSSR count). The number of fused-ring (bicyclic) bond motifs is 2. The minimum atomic E-state index is 0.456. The van der Waals surface area contributed by atoms with Gasteiger partial charge in [0.15, 0.2) is 5.82 Å². The first-order valence-electron chi connectivity index (χ1n) is 7.33. The average molecular weight is 271 g/mol. The summed E-state index contributed by atoms with van der Waals surface area (Å²) in [5.41, 5.74) is 2.45. The Labute approximate surface area is 120 Å². The molecule has 106 valence electrons. The van der Waals surface area contributed by atoms with E-state index in [1.807, 2.05) is 13.8 Å². The quantitative estimate of drug-likeness (QED) is 0.886. The molecule has 3 heterocycles. The van der Waals surface area contributed by atoms with Crippen LogP contribution in [0.2, 0.25) is 0 Å². The van der Waals surface area contributed by atoms with Gasteiger partial charge in [-0.05, 0) is 45.1 Å². The number of rotatable bonds is 2. The van der Waals surface area contributed by atoms with Crippen LogP contribution in [0.1, 0.15) is 42.5 Å². The predicted molar refractivity (Wildman–Crippen MR) is 77.6 cm³/mol.